The minimum absolute atomic E-state index is 0. The van der Waals surface area contributed by atoms with Crippen LogP contribution in [0, 0.1) is 23.5 Å². The van der Waals surface area contributed by atoms with Gasteiger partial charge in [0, 0.05) is 37.3 Å². The number of nitrogens with zero attached hydrogens (tertiary/aromatic N) is 3. The monoisotopic (exact) mass is 968 g/mol. The van der Waals surface area contributed by atoms with Crippen molar-refractivity contribution in [2.24, 2.45) is 11.3 Å². The number of hydrogen-bond donors (Lipinski definition) is 0. The molecule has 3 aromatic carbocycles. The summed E-state index contributed by atoms with van der Waals surface area (Å²) < 4.78 is 7.77. The van der Waals surface area contributed by atoms with E-state index in [2.05, 4.69) is 145 Å². The summed E-state index contributed by atoms with van der Waals surface area (Å²) in [6.45, 7) is 18.2. The molecular weight excluding hydrogens is 911 g/mol. The molecule has 0 N–H and O–H groups in total. The second kappa shape index (κ2) is 17.1. The third-order valence-corrected chi connectivity index (χ3v) is 13.9. The average molecular weight is 967 g/mol. The molecule has 0 aliphatic rings. The molecule has 0 bridgehead atoms. The summed E-state index contributed by atoms with van der Waals surface area (Å²) in [5, 5.41) is 2.05. The number of furan rings is 1. The quantitative estimate of drug-likeness (QED) is 0.118. The van der Waals surface area contributed by atoms with Crippen molar-refractivity contribution in [3.63, 3.8) is 0 Å². The fraction of sp³-hybridized carbons (Fsp3) is 0.327. The third kappa shape index (κ3) is 10.5. The Morgan fingerprint density at radius 1 is 0.745 bits per heavy atom. The van der Waals surface area contributed by atoms with Gasteiger partial charge in [-0.1, -0.05) is 66.8 Å². The van der Waals surface area contributed by atoms with Crippen molar-refractivity contribution in [3.05, 3.63) is 132 Å². The minimum Gasteiger partial charge on any atom is -0.486 e. The van der Waals surface area contributed by atoms with Gasteiger partial charge in [-0.25, -0.2) is 4.98 Å². The summed E-state index contributed by atoms with van der Waals surface area (Å²) in [6, 6.07) is 38.0. The molecule has 7 rings (SSSR count). The Balaban J connectivity index is 0.000000210. The maximum atomic E-state index is 6.24. The number of rotatable bonds is 7. The van der Waals surface area contributed by atoms with Gasteiger partial charge < -0.3 is 9.40 Å². The largest absolute Gasteiger partial charge is 0.486 e. The van der Waals surface area contributed by atoms with Crippen molar-refractivity contribution in [2.45, 2.75) is 90.9 Å². The van der Waals surface area contributed by atoms with Gasteiger partial charge >= 0.3 is 158 Å². The summed E-state index contributed by atoms with van der Waals surface area (Å²) >= 11 is -1.95. The molecule has 4 heterocycles. The Morgan fingerprint density at radius 3 is 2.15 bits per heavy atom. The fourth-order valence-electron chi connectivity index (χ4n) is 6.91. The fourth-order valence-corrected chi connectivity index (χ4v) is 10.2. The molecule has 4 nitrogen and oxygen atoms in total. The van der Waals surface area contributed by atoms with Crippen LogP contribution in [0.4, 0.5) is 0 Å². The van der Waals surface area contributed by atoms with E-state index >= 15 is 0 Å². The average Bonchev–Trinajstić information content (AvgIpc) is 3.49. The number of pyridine rings is 3. The SMILES string of the molecule is CC(C)(C)Cc1cc(-c2[c-]ccc(C(C)(C)C)c2)nc[c]1[Ge]([CH3])([CH3])[CH3].CC(C)Cc1ccnc(-c2[c-]ccc3c2oc2nc(-c4ccccc4)ccc23)c1.[Ir]. The first-order valence-electron chi connectivity index (χ1n) is 19.2. The predicted molar refractivity (Wildman–Crippen MR) is 231 cm³/mol. The van der Waals surface area contributed by atoms with E-state index in [0.717, 1.165) is 63.0 Å². The maximum Gasteiger partial charge on any atom is 0.216 e. The Morgan fingerprint density at radius 2 is 1.47 bits per heavy atom. The molecule has 0 saturated heterocycles. The van der Waals surface area contributed by atoms with E-state index in [1.165, 1.54) is 21.1 Å². The molecule has 55 heavy (non-hydrogen) atoms. The van der Waals surface area contributed by atoms with E-state index in [1.807, 2.05) is 48.7 Å². The zero-order chi connectivity index (χ0) is 38.8. The van der Waals surface area contributed by atoms with E-state index in [1.54, 1.807) is 0 Å². The summed E-state index contributed by atoms with van der Waals surface area (Å²) in [5.41, 5.74) is 11.8. The molecule has 0 aliphatic heterocycles. The van der Waals surface area contributed by atoms with Crippen LogP contribution in [0.3, 0.4) is 0 Å². The molecule has 0 fully saturated rings. The van der Waals surface area contributed by atoms with Crippen LogP contribution in [0.25, 0.3) is 55.8 Å². The summed E-state index contributed by atoms with van der Waals surface area (Å²) in [5.74, 6) is 7.95. The van der Waals surface area contributed by atoms with Gasteiger partial charge in [0.15, 0.2) is 0 Å². The van der Waals surface area contributed by atoms with Crippen LogP contribution in [0.2, 0.25) is 17.3 Å². The van der Waals surface area contributed by atoms with Crippen LogP contribution in [-0.4, -0.2) is 28.2 Å². The van der Waals surface area contributed by atoms with Gasteiger partial charge in [-0.2, -0.15) is 0 Å². The van der Waals surface area contributed by atoms with Crippen LogP contribution in [0.1, 0.15) is 72.1 Å². The molecule has 0 amide bonds. The Bertz CT molecular complexity index is 2380. The molecule has 1 radical (unpaired) electrons. The zero-order valence-corrected chi connectivity index (χ0v) is 38.9. The van der Waals surface area contributed by atoms with Gasteiger partial charge in [-0.15, -0.1) is 18.2 Å². The maximum absolute atomic E-state index is 6.24. The predicted octanol–water partition coefficient (Wildman–Crippen LogP) is 12.7. The second-order valence-corrected chi connectivity index (χ2v) is 28.8. The second-order valence-electron chi connectivity index (χ2n) is 18.2. The normalized spacial score (nSPS) is 12.1. The molecule has 0 aliphatic carbocycles. The minimum atomic E-state index is -1.95. The van der Waals surface area contributed by atoms with Crippen molar-refractivity contribution in [1.29, 1.82) is 0 Å². The van der Waals surface area contributed by atoms with Gasteiger partial charge in [0.05, 0.1) is 11.3 Å². The van der Waals surface area contributed by atoms with Crippen molar-refractivity contribution < 1.29 is 24.5 Å². The van der Waals surface area contributed by atoms with Crippen LogP contribution in [0.5, 0.6) is 0 Å². The third-order valence-electron chi connectivity index (χ3n) is 9.55. The summed E-state index contributed by atoms with van der Waals surface area (Å²) in [7, 11) is 0. The molecule has 0 atom stereocenters. The van der Waals surface area contributed by atoms with Crippen LogP contribution >= 0.6 is 0 Å². The number of benzene rings is 3. The zero-order valence-electron chi connectivity index (χ0n) is 34.4. The van der Waals surface area contributed by atoms with Gasteiger partial charge in [0.2, 0.25) is 5.71 Å². The van der Waals surface area contributed by atoms with E-state index in [-0.39, 0.29) is 30.9 Å². The number of fused-ring (bicyclic) bond motifs is 3. The van der Waals surface area contributed by atoms with E-state index in [9.17, 15) is 0 Å². The molecule has 0 unspecified atom stereocenters. The number of aromatic nitrogens is 3. The molecule has 7 aromatic rings. The van der Waals surface area contributed by atoms with Crippen LogP contribution in [-0.2, 0) is 38.4 Å². The first-order chi connectivity index (χ1) is 25.5. The Labute approximate surface area is 345 Å². The molecule has 287 valence electrons. The topological polar surface area (TPSA) is 51.8 Å². The molecule has 0 spiro atoms. The van der Waals surface area contributed by atoms with E-state index < -0.39 is 13.3 Å². The van der Waals surface area contributed by atoms with Gasteiger partial charge in [-0.05, 0) is 36.2 Å². The molecule has 0 saturated carbocycles. The summed E-state index contributed by atoms with van der Waals surface area (Å²) in [4.78, 5) is 14.2. The van der Waals surface area contributed by atoms with E-state index in [0.29, 0.717) is 11.6 Å². The number of hydrogen-bond acceptors (Lipinski definition) is 4. The van der Waals surface area contributed by atoms with E-state index in [4.69, 9.17) is 14.4 Å². The van der Waals surface area contributed by atoms with Crippen molar-refractivity contribution >= 4 is 39.7 Å². The Hall–Kier alpha value is -3.90. The smallest absolute Gasteiger partial charge is 0.216 e. The van der Waals surface area contributed by atoms with Gasteiger partial charge in [0.25, 0.3) is 0 Å². The first kappa shape index (κ1) is 42.2. The van der Waals surface area contributed by atoms with Crippen molar-refractivity contribution in [3.8, 4) is 33.8 Å². The standard InChI is InChI=1S/C26H21N2O.C23H34GeN.Ir/c1-17(2)15-18-13-14-27-24(16-18)22-10-6-9-20-21-11-12-23(19-7-4-3-5-8-19)28-26(21)29-25(20)22;1-22(2,3)15-18-14-21(25-16-20(18)24(7,8)9)17-11-10-12-19(13-17)23(4,5)6;/h3-9,11-14,16-17H,15H2,1-2H3;10,12-14,16H,15H2,1-9H3;/q2*-1;. The molecular formula is C49H55GeIrN3O-2. The van der Waals surface area contributed by atoms with Crippen molar-refractivity contribution in [1.82, 2.24) is 15.0 Å². The Kier molecular flexibility index (Phi) is 13.1. The van der Waals surface area contributed by atoms with Gasteiger partial charge in [0.1, 0.15) is 0 Å². The molecule has 4 aromatic heterocycles. The van der Waals surface area contributed by atoms with Crippen LogP contribution < -0.4 is 4.40 Å². The summed E-state index contributed by atoms with van der Waals surface area (Å²) in [6.07, 6.45) is 6.15. The van der Waals surface area contributed by atoms with Gasteiger partial charge in [-0.3, -0.25) is 0 Å². The van der Waals surface area contributed by atoms with Crippen molar-refractivity contribution in [2.75, 3.05) is 0 Å². The first-order valence-corrected chi connectivity index (χ1v) is 26.6. The van der Waals surface area contributed by atoms with Crippen LogP contribution in [0.15, 0.2) is 108 Å². The molecule has 6 heteroatoms.